The maximum Gasteiger partial charge on any atom is 0.314 e. The standard InChI is InChI=1S/C14H28N2O2S/c1-10(19-5)8-15-13(17)16-9-11-6-7-18-12(11)14(2,3)4/h10-12H,6-9H2,1-5H3,(H2,15,16,17)/t10-,11+,12-/m0/s1. The average Bonchev–Trinajstić information content (AvgIpc) is 2.81. The molecule has 2 amide bonds. The van der Waals surface area contributed by atoms with E-state index in [-0.39, 0.29) is 17.6 Å². The summed E-state index contributed by atoms with van der Waals surface area (Å²) in [6.07, 6.45) is 3.32. The van der Waals surface area contributed by atoms with Gasteiger partial charge >= 0.3 is 6.03 Å². The molecule has 0 bridgehead atoms. The second kappa shape index (κ2) is 7.39. The minimum absolute atomic E-state index is 0.0690. The first-order chi connectivity index (χ1) is 8.84. The van der Waals surface area contributed by atoms with Crippen LogP contribution in [0.25, 0.3) is 0 Å². The lowest BCUT2D eigenvalue weighted by Gasteiger charge is -2.31. The first kappa shape index (κ1) is 16.6. The number of carbonyl (C=O) groups is 1. The highest BCUT2D eigenvalue weighted by Gasteiger charge is 2.37. The smallest absolute Gasteiger partial charge is 0.314 e. The van der Waals surface area contributed by atoms with Gasteiger partial charge in [0.05, 0.1) is 6.10 Å². The molecule has 1 aliphatic heterocycles. The summed E-state index contributed by atoms with van der Waals surface area (Å²) in [5.41, 5.74) is 0.132. The second-order valence-corrected chi connectivity index (χ2v) is 7.62. The monoisotopic (exact) mass is 288 g/mol. The zero-order valence-electron chi connectivity index (χ0n) is 12.8. The summed E-state index contributed by atoms with van der Waals surface area (Å²) in [7, 11) is 0. The number of nitrogens with one attached hydrogen (secondary N) is 2. The highest BCUT2D eigenvalue weighted by molar-refractivity contribution is 7.99. The van der Waals surface area contributed by atoms with Gasteiger partial charge in [-0.3, -0.25) is 0 Å². The lowest BCUT2D eigenvalue weighted by atomic mass is 9.81. The van der Waals surface area contributed by atoms with Crippen LogP contribution in [0.4, 0.5) is 4.79 Å². The molecule has 0 radical (unpaired) electrons. The normalized spacial score (nSPS) is 25.1. The van der Waals surface area contributed by atoms with Crippen molar-refractivity contribution in [2.45, 2.75) is 45.5 Å². The zero-order valence-corrected chi connectivity index (χ0v) is 13.6. The fourth-order valence-electron chi connectivity index (χ4n) is 2.41. The fourth-order valence-corrected chi connectivity index (χ4v) is 2.66. The third kappa shape index (κ3) is 5.61. The molecule has 112 valence electrons. The van der Waals surface area contributed by atoms with Gasteiger partial charge in [0.2, 0.25) is 0 Å². The molecule has 0 aromatic rings. The average molecular weight is 288 g/mol. The molecular formula is C14H28N2O2S. The van der Waals surface area contributed by atoms with Crippen LogP contribution >= 0.6 is 11.8 Å². The second-order valence-electron chi connectivity index (χ2n) is 6.34. The van der Waals surface area contributed by atoms with Crippen molar-refractivity contribution in [3.63, 3.8) is 0 Å². The molecule has 3 atom stereocenters. The summed E-state index contributed by atoms with van der Waals surface area (Å²) >= 11 is 1.75. The van der Waals surface area contributed by atoms with E-state index in [1.54, 1.807) is 11.8 Å². The van der Waals surface area contributed by atoms with Gasteiger partial charge in [0.1, 0.15) is 0 Å². The Morgan fingerprint density at radius 2 is 2.11 bits per heavy atom. The van der Waals surface area contributed by atoms with E-state index in [1.165, 1.54) is 0 Å². The Kier molecular flexibility index (Phi) is 6.47. The number of amides is 2. The van der Waals surface area contributed by atoms with Crippen LogP contribution in [0.2, 0.25) is 0 Å². The number of urea groups is 1. The van der Waals surface area contributed by atoms with Crippen LogP contribution in [0, 0.1) is 11.3 Å². The molecule has 1 rings (SSSR count). The molecule has 1 heterocycles. The van der Waals surface area contributed by atoms with Crippen LogP contribution in [-0.4, -0.2) is 43.3 Å². The molecule has 4 nitrogen and oxygen atoms in total. The highest BCUT2D eigenvalue weighted by Crippen LogP contribution is 2.34. The molecule has 2 N–H and O–H groups in total. The molecular weight excluding hydrogens is 260 g/mol. The van der Waals surface area contributed by atoms with Gasteiger partial charge < -0.3 is 15.4 Å². The van der Waals surface area contributed by atoms with Gasteiger partial charge in [-0.1, -0.05) is 27.7 Å². The molecule has 0 aromatic heterocycles. The predicted octanol–water partition coefficient (Wildman–Crippen LogP) is 2.49. The summed E-state index contributed by atoms with van der Waals surface area (Å²) in [5.74, 6) is 0.420. The first-order valence-corrected chi connectivity index (χ1v) is 8.29. The summed E-state index contributed by atoms with van der Waals surface area (Å²) < 4.78 is 5.80. The maximum absolute atomic E-state index is 11.7. The predicted molar refractivity (Wildman–Crippen MR) is 81.7 cm³/mol. The number of thioether (sulfide) groups is 1. The third-order valence-corrected chi connectivity index (χ3v) is 4.52. The first-order valence-electron chi connectivity index (χ1n) is 7.00. The van der Waals surface area contributed by atoms with Crippen molar-refractivity contribution in [3.8, 4) is 0 Å². The molecule has 1 fully saturated rings. The highest BCUT2D eigenvalue weighted by atomic mass is 32.2. The lowest BCUT2D eigenvalue weighted by Crippen LogP contribution is -2.43. The van der Waals surface area contributed by atoms with Crippen LogP contribution in [0.1, 0.15) is 34.1 Å². The quantitative estimate of drug-likeness (QED) is 0.817. The molecule has 19 heavy (non-hydrogen) atoms. The van der Waals surface area contributed by atoms with E-state index in [0.717, 1.165) is 13.0 Å². The molecule has 0 aromatic carbocycles. The van der Waals surface area contributed by atoms with E-state index in [1.807, 2.05) is 6.26 Å². The zero-order chi connectivity index (χ0) is 14.5. The van der Waals surface area contributed by atoms with Crippen LogP contribution in [0.15, 0.2) is 0 Å². The van der Waals surface area contributed by atoms with Crippen molar-refractivity contribution in [1.82, 2.24) is 10.6 Å². The van der Waals surface area contributed by atoms with Crippen LogP contribution in [-0.2, 0) is 4.74 Å². The van der Waals surface area contributed by atoms with Crippen molar-refractivity contribution in [3.05, 3.63) is 0 Å². The Hall–Kier alpha value is -0.420. The van der Waals surface area contributed by atoms with E-state index in [0.29, 0.717) is 24.3 Å². The Morgan fingerprint density at radius 1 is 1.42 bits per heavy atom. The largest absolute Gasteiger partial charge is 0.377 e. The summed E-state index contributed by atoms with van der Waals surface area (Å²) in [4.78, 5) is 11.7. The van der Waals surface area contributed by atoms with E-state index in [2.05, 4.69) is 38.3 Å². The lowest BCUT2D eigenvalue weighted by molar-refractivity contribution is 0.00775. The van der Waals surface area contributed by atoms with Crippen molar-refractivity contribution in [1.29, 1.82) is 0 Å². The van der Waals surface area contributed by atoms with Gasteiger partial charge in [0.15, 0.2) is 0 Å². The Bertz CT molecular complexity index is 292. The Morgan fingerprint density at radius 3 is 2.68 bits per heavy atom. The minimum atomic E-state index is -0.0690. The molecule has 5 heteroatoms. The van der Waals surface area contributed by atoms with Crippen molar-refractivity contribution in [2.75, 3.05) is 26.0 Å². The van der Waals surface area contributed by atoms with Gasteiger partial charge in [-0.15, -0.1) is 0 Å². The van der Waals surface area contributed by atoms with Gasteiger partial charge in [0, 0.05) is 30.9 Å². The minimum Gasteiger partial charge on any atom is -0.377 e. The Balaban J connectivity index is 2.30. The molecule has 1 aliphatic rings. The van der Waals surface area contributed by atoms with Crippen LogP contribution in [0.5, 0.6) is 0 Å². The van der Waals surface area contributed by atoms with E-state index < -0.39 is 0 Å². The van der Waals surface area contributed by atoms with Crippen molar-refractivity contribution >= 4 is 17.8 Å². The van der Waals surface area contributed by atoms with Gasteiger partial charge in [0.25, 0.3) is 0 Å². The van der Waals surface area contributed by atoms with Crippen LogP contribution in [0.3, 0.4) is 0 Å². The third-order valence-electron chi connectivity index (χ3n) is 3.55. The van der Waals surface area contributed by atoms with Gasteiger partial charge in [-0.25, -0.2) is 4.79 Å². The van der Waals surface area contributed by atoms with E-state index in [9.17, 15) is 4.79 Å². The maximum atomic E-state index is 11.7. The molecule has 1 saturated heterocycles. The van der Waals surface area contributed by atoms with E-state index >= 15 is 0 Å². The van der Waals surface area contributed by atoms with E-state index in [4.69, 9.17) is 4.74 Å². The van der Waals surface area contributed by atoms with Gasteiger partial charge in [-0.05, 0) is 18.1 Å². The number of hydrogen-bond donors (Lipinski definition) is 2. The SMILES string of the molecule is CS[C@@H](C)CNC(=O)NC[C@H]1CCO[C@@H]1C(C)(C)C. The molecule has 0 saturated carbocycles. The number of ether oxygens (including phenoxy) is 1. The molecule has 0 spiro atoms. The number of hydrogen-bond acceptors (Lipinski definition) is 3. The topological polar surface area (TPSA) is 50.4 Å². The van der Waals surface area contributed by atoms with Gasteiger partial charge in [-0.2, -0.15) is 11.8 Å². The van der Waals surface area contributed by atoms with Crippen molar-refractivity contribution < 1.29 is 9.53 Å². The summed E-state index contributed by atoms with van der Waals surface area (Å²) in [6, 6.07) is -0.0690. The van der Waals surface area contributed by atoms with Crippen LogP contribution < -0.4 is 10.6 Å². The fraction of sp³-hybridized carbons (Fsp3) is 0.929. The molecule has 0 aliphatic carbocycles. The number of rotatable bonds is 5. The molecule has 0 unspecified atom stereocenters. The number of carbonyl (C=O) groups excluding carboxylic acids is 1. The summed E-state index contributed by atoms with van der Waals surface area (Å²) in [6.45, 7) is 10.9. The summed E-state index contributed by atoms with van der Waals surface area (Å²) in [5, 5.41) is 6.31. The van der Waals surface area contributed by atoms with Crippen molar-refractivity contribution in [2.24, 2.45) is 11.3 Å². The Labute approximate surface area is 121 Å².